The molecule has 1 aliphatic rings. The summed E-state index contributed by atoms with van der Waals surface area (Å²) in [7, 11) is 0. The first-order valence-electron chi connectivity index (χ1n) is 6.96. The van der Waals surface area contributed by atoms with Crippen LogP contribution in [0.25, 0.3) is 0 Å². The Hall–Kier alpha value is -2.41. The topological polar surface area (TPSA) is 130 Å². The molecule has 0 saturated heterocycles. The van der Waals surface area contributed by atoms with Gasteiger partial charge in [-0.1, -0.05) is 30.3 Å². The van der Waals surface area contributed by atoms with E-state index < -0.39 is 41.6 Å². The zero-order chi connectivity index (χ0) is 16.3. The van der Waals surface area contributed by atoms with Gasteiger partial charge in [0, 0.05) is 12.5 Å². The SMILES string of the molecule is N[C@H](C(=O)O)[C@@H]1[C@@H](C(=O)O)[C@@H]1C(=O)NCCc1ccccc1. The summed E-state index contributed by atoms with van der Waals surface area (Å²) in [6.45, 7) is 0.362. The molecule has 118 valence electrons. The van der Waals surface area contributed by atoms with Crippen molar-refractivity contribution in [3.63, 3.8) is 0 Å². The van der Waals surface area contributed by atoms with Crippen LogP contribution in [-0.4, -0.2) is 40.6 Å². The third-order valence-electron chi connectivity index (χ3n) is 3.92. The van der Waals surface area contributed by atoms with E-state index in [1.54, 1.807) is 0 Å². The second-order valence-electron chi connectivity index (χ2n) is 5.36. The van der Waals surface area contributed by atoms with Crippen LogP contribution in [0.3, 0.4) is 0 Å². The molecule has 22 heavy (non-hydrogen) atoms. The normalized spacial score (nSPS) is 24.3. The number of carbonyl (C=O) groups excluding carboxylic acids is 1. The molecule has 0 spiro atoms. The summed E-state index contributed by atoms with van der Waals surface area (Å²) < 4.78 is 0. The Morgan fingerprint density at radius 3 is 2.32 bits per heavy atom. The Balaban J connectivity index is 1.88. The molecule has 5 N–H and O–H groups in total. The molecule has 1 saturated carbocycles. The Morgan fingerprint density at radius 1 is 1.14 bits per heavy atom. The van der Waals surface area contributed by atoms with E-state index in [9.17, 15) is 14.4 Å². The van der Waals surface area contributed by atoms with Crippen molar-refractivity contribution >= 4 is 17.8 Å². The van der Waals surface area contributed by atoms with Crippen LogP contribution in [0, 0.1) is 17.8 Å². The molecule has 1 aromatic carbocycles. The third kappa shape index (κ3) is 3.43. The second-order valence-corrected chi connectivity index (χ2v) is 5.36. The van der Waals surface area contributed by atoms with E-state index in [2.05, 4.69) is 5.32 Å². The van der Waals surface area contributed by atoms with Crippen molar-refractivity contribution in [3.05, 3.63) is 35.9 Å². The number of carboxylic acids is 2. The van der Waals surface area contributed by atoms with E-state index in [4.69, 9.17) is 15.9 Å². The highest BCUT2D eigenvalue weighted by atomic mass is 16.4. The average Bonchev–Trinajstić information content (AvgIpc) is 3.23. The number of carboxylic acid groups (broad SMARTS) is 2. The summed E-state index contributed by atoms with van der Waals surface area (Å²) in [5.74, 6) is -5.69. The minimum atomic E-state index is -1.34. The van der Waals surface area contributed by atoms with Gasteiger partial charge in [0.25, 0.3) is 0 Å². The number of nitrogens with one attached hydrogen (secondary N) is 1. The van der Waals surface area contributed by atoms with E-state index in [1.807, 2.05) is 30.3 Å². The highest BCUT2D eigenvalue weighted by molar-refractivity contribution is 5.92. The molecular formula is C15H18N2O5. The summed E-state index contributed by atoms with van der Waals surface area (Å²) in [6.07, 6.45) is 0.618. The van der Waals surface area contributed by atoms with Crippen molar-refractivity contribution < 1.29 is 24.6 Å². The highest BCUT2D eigenvalue weighted by Crippen LogP contribution is 2.48. The lowest BCUT2D eigenvalue weighted by atomic mass is 10.1. The first-order chi connectivity index (χ1) is 10.4. The van der Waals surface area contributed by atoms with Crippen LogP contribution < -0.4 is 11.1 Å². The summed E-state index contributed by atoms with van der Waals surface area (Å²) in [5.41, 5.74) is 6.50. The van der Waals surface area contributed by atoms with Gasteiger partial charge in [-0.3, -0.25) is 14.4 Å². The summed E-state index contributed by atoms with van der Waals surface area (Å²) in [5, 5.41) is 20.6. The van der Waals surface area contributed by atoms with Gasteiger partial charge < -0.3 is 21.3 Å². The van der Waals surface area contributed by atoms with Gasteiger partial charge in [-0.2, -0.15) is 0 Å². The van der Waals surface area contributed by atoms with Crippen molar-refractivity contribution in [2.45, 2.75) is 12.5 Å². The standard InChI is InChI=1S/C15H18N2O5/c16-12(15(21)22)9-10(11(9)14(19)20)13(18)17-7-6-8-4-2-1-3-5-8/h1-5,9-12H,6-7,16H2,(H,17,18)(H,19,20)(H,21,22)/t9-,10+,11+,12-/m0/s1. The number of aliphatic carboxylic acids is 2. The number of amides is 1. The van der Waals surface area contributed by atoms with Crippen molar-refractivity contribution in [2.24, 2.45) is 23.5 Å². The largest absolute Gasteiger partial charge is 0.481 e. The van der Waals surface area contributed by atoms with Crippen LogP contribution >= 0.6 is 0 Å². The molecule has 0 heterocycles. The maximum absolute atomic E-state index is 12.0. The molecule has 1 amide bonds. The van der Waals surface area contributed by atoms with E-state index in [0.29, 0.717) is 13.0 Å². The fourth-order valence-corrected chi connectivity index (χ4v) is 2.69. The maximum Gasteiger partial charge on any atom is 0.320 e. The van der Waals surface area contributed by atoms with Gasteiger partial charge in [0.05, 0.1) is 11.8 Å². The van der Waals surface area contributed by atoms with Gasteiger partial charge in [-0.15, -0.1) is 0 Å². The Morgan fingerprint density at radius 2 is 1.77 bits per heavy atom. The minimum Gasteiger partial charge on any atom is -0.481 e. The lowest BCUT2D eigenvalue weighted by Gasteiger charge is -2.06. The predicted molar refractivity (Wildman–Crippen MR) is 76.9 cm³/mol. The maximum atomic E-state index is 12.0. The first-order valence-corrected chi connectivity index (χ1v) is 6.96. The van der Waals surface area contributed by atoms with E-state index in [1.165, 1.54) is 0 Å². The van der Waals surface area contributed by atoms with E-state index in [-0.39, 0.29) is 0 Å². The van der Waals surface area contributed by atoms with Gasteiger partial charge in [0.1, 0.15) is 6.04 Å². The molecule has 0 aromatic heterocycles. The monoisotopic (exact) mass is 306 g/mol. The molecule has 0 radical (unpaired) electrons. The average molecular weight is 306 g/mol. The number of rotatable bonds is 7. The lowest BCUT2D eigenvalue weighted by Crippen LogP contribution is -2.36. The van der Waals surface area contributed by atoms with E-state index in [0.717, 1.165) is 5.56 Å². The van der Waals surface area contributed by atoms with Gasteiger partial charge in [-0.25, -0.2) is 0 Å². The molecular weight excluding hydrogens is 288 g/mol. The predicted octanol–water partition coefficient (Wildman–Crippen LogP) is -0.296. The summed E-state index contributed by atoms with van der Waals surface area (Å²) >= 11 is 0. The zero-order valence-electron chi connectivity index (χ0n) is 11.8. The smallest absolute Gasteiger partial charge is 0.320 e. The zero-order valence-corrected chi connectivity index (χ0v) is 11.8. The molecule has 0 unspecified atom stereocenters. The molecule has 0 aliphatic heterocycles. The molecule has 7 nitrogen and oxygen atoms in total. The molecule has 4 atom stereocenters. The van der Waals surface area contributed by atoms with Gasteiger partial charge in [0.2, 0.25) is 5.91 Å². The van der Waals surface area contributed by atoms with Gasteiger partial charge >= 0.3 is 11.9 Å². The van der Waals surface area contributed by atoms with Crippen molar-refractivity contribution in [3.8, 4) is 0 Å². The van der Waals surface area contributed by atoms with Crippen LogP contribution in [0.1, 0.15) is 5.56 Å². The molecule has 1 aromatic rings. The van der Waals surface area contributed by atoms with Crippen LogP contribution in [0.2, 0.25) is 0 Å². The Bertz CT molecular complexity index is 575. The second kappa shape index (κ2) is 6.57. The fourth-order valence-electron chi connectivity index (χ4n) is 2.69. The molecule has 7 heteroatoms. The number of carbonyl (C=O) groups is 3. The number of hydrogen-bond donors (Lipinski definition) is 4. The van der Waals surface area contributed by atoms with Crippen LogP contribution in [0.4, 0.5) is 0 Å². The quantitative estimate of drug-likeness (QED) is 0.547. The van der Waals surface area contributed by atoms with Crippen LogP contribution in [0.5, 0.6) is 0 Å². The Kier molecular flexibility index (Phi) is 4.77. The highest BCUT2D eigenvalue weighted by Gasteiger charge is 2.63. The molecule has 2 rings (SSSR count). The van der Waals surface area contributed by atoms with Crippen molar-refractivity contribution in [2.75, 3.05) is 6.54 Å². The van der Waals surface area contributed by atoms with Crippen molar-refractivity contribution in [1.29, 1.82) is 0 Å². The number of nitrogens with two attached hydrogens (primary N) is 1. The number of benzene rings is 1. The minimum absolute atomic E-state index is 0.362. The van der Waals surface area contributed by atoms with E-state index >= 15 is 0 Å². The first kappa shape index (κ1) is 16.0. The fraction of sp³-hybridized carbons (Fsp3) is 0.400. The number of hydrogen-bond acceptors (Lipinski definition) is 4. The summed E-state index contributed by atoms with van der Waals surface area (Å²) in [6, 6.07) is 8.17. The molecule has 1 aliphatic carbocycles. The summed E-state index contributed by atoms with van der Waals surface area (Å²) in [4.78, 5) is 34.0. The van der Waals surface area contributed by atoms with Crippen molar-refractivity contribution in [1.82, 2.24) is 5.32 Å². The lowest BCUT2D eigenvalue weighted by molar-refractivity contribution is -0.141. The third-order valence-corrected chi connectivity index (χ3v) is 3.92. The molecule has 1 fully saturated rings. The van der Waals surface area contributed by atoms with Gasteiger partial charge in [-0.05, 0) is 12.0 Å². The van der Waals surface area contributed by atoms with Crippen LogP contribution in [-0.2, 0) is 20.8 Å². The molecule has 0 bridgehead atoms. The van der Waals surface area contributed by atoms with Gasteiger partial charge in [0.15, 0.2) is 0 Å². The van der Waals surface area contributed by atoms with Crippen LogP contribution in [0.15, 0.2) is 30.3 Å². The Labute approximate surface area is 127 Å².